The molecule has 0 radical (unpaired) electrons. The lowest BCUT2D eigenvalue weighted by molar-refractivity contribution is 0.322. The highest BCUT2D eigenvalue weighted by Crippen LogP contribution is 2.20. The second-order valence-electron chi connectivity index (χ2n) is 6.76. The number of aryl methyl sites for hydroxylation is 1. The molecule has 0 unspecified atom stereocenters. The molecule has 0 aliphatic rings. The summed E-state index contributed by atoms with van der Waals surface area (Å²) in [7, 11) is 0. The fraction of sp³-hybridized carbons (Fsp3) is 0.688. The Kier molecular flexibility index (Phi) is 5.92. The maximum Gasteiger partial charge on any atom is 0.332 e. The number of imidazole rings is 1. The van der Waals surface area contributed by atoms with Gasteiger partial charge in [0.15, 0.2) is 5.65 Å². The first-order valence-electron chi connectivity index (χ1n) is 8.23. The summed E-state index contributed by atoms with van der Waals surface area (Å²) < 4.78 is 2.85. The van der Waals surface area contributed by atoms with Crippen LogP contribution in [0.1, 0.15) is 39.9 Å². The predicted molar refractivity (Wildman–Crippen MR) is 98.0 cm³/mol. The van der Waals surface area contributed by atoms with Crippen LogP contribution in [0, 0.1) is 0 Å². The maximum absolute atomic E-state index is 12.7. The first-order chi connectivity index (χ1) is 11.3. The van der Waals surface area contributed by atoms with Crippen molar-refractivity contribution >= 4 is 22.9 Å². The summed E-state index contributed by atoms with van der Waals surface area (Å²) in [6.07, 6.45) is 0.709. The third-order valence-electron chi connectivity index (χ3n) is 3.71. The summed E-state index contributed by atoms with van der Waals surface area (Å²) in [5, 5.41) is 8.88. The molecule has 0 atom stereocenters. The topological polar surface area (TPSA) is 92.9 Å². The monoisotopic (exact) mass is 354 g/mol. The average molecular weight is 354 g/mol. The van der Waals surface area contributed by atoms with E-state index in [1.165, 1.54) is 4.57 Å². The third kappa shape index (κ3) is 3.75. The minimum absolute atomic E-state index is 0.112. The van der Waals surface area contributed by atoms with Crippen molar-refractivity contribution in [1.29, 1.82) is 0 Å². The van der Waals surface area contributed by atoms with Crippen molar-refractivity contribution in [1.82, 2.24) is 19.1 Å². The van der Waals surface area contributed by atoms with Gasteiger partial charge in [0.1, 0.15) is 11.3 Å². The number of aliphatic hydroxyl groups excluding tert-OH is 1. The SMILES string of the molecule is CCCn1c(=O)c2[nH]c(C(C)(C)C)nc2n(CCSCCO)c1=O. The van der Waals surface area contributed by atoms with E-state index in [0.29, 0.717) is 48.0 Å². The van der Waals surface area contributed by atoms with E-state index in [1.54, 1.807) is 16.3 Å². The molecule has 0 saturated heterocycles. The zero-order chi connectivity index (χ0) is 17.9. The van der Waals surface area contributed by atoms with E-state index in [0.717, 1.165) is 0 Å². The van der Waals surface area contributed by atoms with Gasteiger partial charge in [0.05, 0.1) is 6.61 Å². The van der Waals surface area contributed by atoms with Gasteiger partial charge in [0.25, 0.3) is 5.56 Å². The summed E-state index contributed by atoms with van der Waals surface area (Å²) in [5.41, 5.74) is -0.0508. The van der Waals surface area contributed by atoms with Crippen molar-refractivity contribution in [2.45, 2.75) is 52.6 Å². The van der Waals surface area contributed by atoms with Gasteiger partial charge in [-0.15, -0.1) is 0 Å². The summed E-state index contributed by atoms with van der Waals surface area (Å²) >= 11 is 1.57. The summed E-state index contributed by atoms with van der Waals surface area (Å²) in [4.78, 5) is 33.0. The van der Waals surface area contributed by atoms with Crippen LogP contribution in [-0.4, -0.2) is 42.3 Å². The smallest absolute Gasteiger partial charge is 0.332 e. The van der Waals surface area contributed by atoms with E-state index in [2.05, 4.69) is 9.97 Å². The molecule has 0 aromatic carbocycles. The van der Waals surface area contributed by atoms with Crippen molar-refractivity contribution in [2.24, 2.45) is 0 Å². The molecular formula is C16H26N4O3S. The highest BCUT2D eigenvalue weighted by Gasteiger charge is 2.22. The van der Waals surface area contributed by atoms with E-state index >= 15 is 0 Å². The van der Waals surface area contributed by atoms with Gasteiger partial charge < -0.3 is 10.1 Å². The molecule has 2 rings (SSSR count). The first-order valence-corrected chi connectivity index (χ1v) is 9.39. The number of rotatable bonds is 7. The Morgan fingerprint density at radius 3 is 2.46 bits per heavy atom. The van der Waals surface area contributed by atoms with Crippen LogP contribution in [0.15, 0.2) is 9.59 Å². The number of aromatic nitrogens is 4. The van der Waals surface area contributed by atoms with E-state index in [-0.39, 0.29) is 23.3 Å². The van der Waals surface area contributed by atoms with Crippen LogP contribution < -0.4 is 11.2 Å². The van der Waals surface area contributed by atoms with Gasteiger partial charge in [0, 0.05) is 30.0 Å². The highest BCUT2D eigenvalue weighted by atomic mass is 32.2. The van der Waals surface area contributed by atoms with E-state index in [1.807, 2.05) is 27.7 Å². The molecule has 2 aromatic rings. The molecule has 0 aliphatic carbocycles. The maximum atomic E-state index is 12.7. The molecule has 8 heteroatoms. The number of aliphatic hydroxyl groups is 1. The van der Waals surface area contributed by atoms with Gasteiger partial charge >= 0.3 is 5.69 Å². The summed E-state index contributed by atoms with van der Waals surface area (Å²) in [6.45, 7) is 8.92. The van der Waals surface area contributed by atoms with Crippen molar-refractivity contribution < 1.29 is 5.11 Å². The van der Waals surface area contributed by atoms with E-state index in [9.17, 15) is 9.59 Å². The molecule has 2 N–H and O–H groups in total. The molecule has 7 nitrogen and oxygen atoms in total. The fourth-order valence-corrected chi connectivity index (χ4v) is 3.11. The van der Waals surface area contributed by atoms with Crippen LogP contribution >= 0.6 is 11.8 Å². The largest absolute Gasteiger partial charge is 0.396 e. The Bertz CT molecular complexity index is 814. The highest BCUT2D eigenvalue weighted by molar-refractivity contribution is 7.99. The van der Waals surface area contributed by atoms with Crippen LogP contribution in [0.5, 0.6) is 0 Å². The molecule has 0 spiro atoms. The van der Waals surface area contributed by atoms with Crippen molar-refractivity contribution in [3.8, 4) is 0 Å². The van der Waals surface area contributed by atoms with E-state index in [4.69, 9.17) is 5.11 Å². The van der Waals surface area contributed by atoms with Gasteiger partial charge in [-0.2, -0.15) is 11.8 Å². The average Bonchev–Trinajstić information content (AvgIpc) is 2.96. The van der Waals surface area contributed by atoms with Gasteiger partial charge in [-0.1, -0.05) is 27.7 Å². The van der Waals surface area contributed by atoms with Crippen LogP contribution in [0.3, 0.4) is 0 Å². The number of H-pyrrole nitrogens is 1. The van der Waals surface area contributed by atoms with Gasteiger partial charge in [0.2, 0.25) is 0 Å². The number of aromatic amines is 1. The van der Waals surface area contributed by atoms with Gasteiger partial charge in [-0.05, 0) is 6.42 Å². The van der Waals surface area contributed by atoms with Crippen LogP contribution in [-0.2, 0) is 18.5 Å². The zero-order valence-electron chi connectivity index (χ0n) is 14.8. The predicted octanol–water partition coefficient (Wildman–Crippen LogP) is 1.32. The Labute approximate surface area is 145 Å². The van der Waals surface area contributed by atoms with Crippen LogP contribution in [0.2, 0.25) is 0 Å². The Morgan fingerprint density at radius 2 is 1.88 bits per heavy atom. The lowest BCUT2D eigenvalue weighted by Crippen LogP contribution is -2.40. The zero-order valence-corrected chi connectivity index (χ0v) is 15.6. The molecule has 2 aromatic heterocycles. The summed E-state index contributed by atoms with van der Waals surface area (Å²) in [6, 6.07) is 0. The number of fused-ring (bicyclic) bond motifs is 1. The Balaban J connectivity index is 2.61. The number of nitrogens with one attached hydrogen (secondary N) is 1. The molecule has 0 amide bonds. The van der Waals surface area contributed by atoms with Crippen LogP contribution in [0.4, 0.5) is 0 Å². The minimum atomic E-state index is -0.314. The molecule has 0 aliphatic heterocycles. The van der Waals surface area contributed by atoms with Crippen LogP contribution in [0.25, 0.3) is 11.2 Å². The summed E-state index contributed by atoms with van der Waals surface area (Å²) in [5.74, 6) is 2.00. The number of hydrogen-bond acceptors (Lipinski definition) is 5. The molecule has 24 heavy (non-hydrogen) atoms. The lowest BCUT2D eigenvalue weighted by Gasteiger charge is -2.13. The number of hydrogen-bond donors (Lipinski definition) is 2. The molecule has 2 heterocycles. The second kappa shape index (κ2) is 7.57. The molecule has 0 fully saturated rings. The third-order valence-corrected chi connectivity index (χ3v) is 4.66. The molecular weight excluding hydrogens is 328 g/mol. The van der Waals surface area contributed by atoms with Crippen molar-refractivity contribution in [3.05, 3.63) is 26.7 Å². The quantitative estimate of drug-likeness (QED) is 0.732. The van der Waals surface area contributed by atoms with Crippen molar-refractivity contribution in [2.75, 3.05) is 18.1 Å². The second-order valence-corrected chi connectivity index (χ2v) is 7.99. The minimum Gasteiger partial charge on any atom is -0.396 e. The molecule has 0 bridgehead atoms. The molecule has 134 valence electrons. The molecule has 0 saturated carbocycles. The lowest BCUT2D eigenvalue weighted by atomic mass is 9.96. The van der Waals surface area contributed by atoms with Gasteiger partial charge in [-0.3, -0.25) is 13.9 Å². The Morgan fingerprint density at radius 1 is 1.17 bits per heavy atom. The first kappa shape index (κ1) is 18.8. The van der Waals surface area contributed by atoms with E-state index < -0.39 is 0 Å². The normalized spacial score (nSPS) is 12.2. The number of nitrogens with zero attached hydrogens (tertiary/aromatic N) is 3. The van der Waals surface area contributed by atoms with Gasteiger partial charge in [-0.25, -0.2) is 9.78 Å². The van der Waals surface area contributed by atoms with Crippen molar-refractivity contribution in [3.63, 3.8) is 0 Å². The Hall–Kier alpha value is -1.54. The fourth-order valence-electron chi connectivity index (χ4n) is 2.47. The number of thioether (sulfide) groups is 1. The standard InChI is InChI=1S/C16H26N4O3S/c1-5-6-20-13(22)11-12(18-14(17-11)16(2,3)4)19(15(20)23)7-9-24-10-8-21/h21H,5-10H2,1-4H3,(H,17,18).